The van der Waals surface area contributed by atoms with E-state index in [1.54, 1.807) is 18.3 Å². The first kappa shape index (κ1) is 24.9. The number of ether oxygens (including phenoxy) is 1. The van der Waals surface area contributed by atoms with Crippen LogP contribution in [0.15, 0.2) is 46.0 Å². The fourth-order valence-corrected chi connectivity index (χ4v) is 6.09. The summed E-state index contributed by atoms with van der Waals surface area (Å²) in [6.07, 6.45) is 4.69. The van der Waals surface area contributed by atoms with Gasteiger partial charge in [-0.1, -0.05) is 23.2 Å². The first-order chi connectivity index (χ1) is 16.1. The van der Waals surface area contributed by atoms with Gasteiger partial charge in [-0.15, -0.1) is 0 Å². The molecule has 2 heterocycles. The van der Waals surface area contributed by atoms with Crippen molar-refractivity contribution in [3.8, 4) is 11.6 Å². The van der Waals surface area contributed by atoms with Crippen molar-refractivity contribution < 1.29 is 23.1 Å². The van der Waals surface area contributed by atoms with Gasteiger partial charge in [0.2, 0.25) is 15.9 Å². The molecule has 34 heavy (non-hydrogen) atoms. The average Bonchev–Trinajstić information content (AvgIpc) is 3.19. The standard InChI is InChI=1S/C21H19BrCl2N4O5S/c1-27(17-3-2-4-18-14(17)10-26-28(18)11-20(29)30)34(31,32)13-8-15(22)21(25-9-13)33-19-7-12(23)5-6-16(19)24/h5-10,17H,2-4,11H2,1H3,(H,29,30)/t17-/m1/s1. The molecule has 180 valence electrons. The topological polar surface area (TPSA) is 115 Å². The van der Waals surface area contributed by atoms with Crippen LogP contribution in [0.1, 0.15) is 30.1 Å². The summed E-state index contributed by atoms with van der Waals surface area (Å²) in [5.74, 6) is -0.602. The summed E-state index contributed by atoms with van der Waals surface area (Å²) in [4.78, 5) is 15.2. The number of nitrogens with zero attached hydrogens (tertiary/aromatic N) is 4. The minimum Gasteiger partial charge on any atom is -0.480 e. The quantitative estimate of drug-likeness (QED) is 0.416. The number of pyridine rings is 1. The van der Waals surface area contributed by atoms with E-state index in [1.165, 1.54) is 34.4 Å². The maximum atomic E-state index is 13.4. The molecular formula is C21H19BrCl2N4O5S. The minimum atomic E-state index is -3.94. The van der Waals surface area contributed by atoms with Gasteiger partial charge in [-0.3, -0.25) is 9.48 Å². The molecule has 0 radical (unpaired) electrons. The van der Waals surface area contributed by atoms with Gasteiger partial charge in [0.05, 0.1) is 27.9 Å². The van der Waals surface area contributed by atoms with E-state index in [2.05, 4.69) is 26.0 Å². The van der Waals surface area contributed by atoms with E-state index in [0.29, 0.717) is 39.3 Å². The van der Waals surface area contributed by atoms with Crippen molar-refractivity contribution in [1.82, 2.24) is 19.1 Å². The zero-order valence-corrected chi connectivity index (χ0v) is 21.7. The number of sulfonamides is 1. The molecule has 3 aromatic rings. The van der Waals surface area contributed by atoms with E-state index in [0.717, 1.165) is 5.69 Å². The van der Waals surface area contributed by atoms with Crippen LogP contribution in [0, 0.1) is 0 Å². The summed E-state index contributed by atoms with van der Waals surface area (Å²) in [5, 5.41) is 14.0. The Labute approximate surface area is 214 Å². The summed E-state index contributed by atoms with van der Waals surface area (Å²) in [5.41, 5.74) is 1.45. The third-order valence-electron chi connectivity index (χ3n) is 5.51. The number of halogens is 3. The number of rotatable bonds is 7. The number of hydrogen-bond acceptors (Lipinski definition) is 6. The Bertz CT molecular complexity index is 1370. The van der Waals surface area contributed by atoms with E-state index >= 15 is 0 Å². The Morgan fingerprint density at radius 2 is 2.09 bits per heavy atom. The van der Waals surface area contributed by atoms with Crippen molar-refractivity contribution in [1.29, 1.82) is 0 Å². The van der Waals surface area contributed by atoms with Gasteiger partial charge >= 0.3 is 5.97 Å². The molecule has 0 fully saturated rings. The van der Waals surface area contributed by atoms with Gasteiger partial charge in [0.25, 0.3) is 0 Å². The maximum absolute atomic E-state index is 13.4. The maximum Gasteiger partial charge on any atom is 0.325 e. The molecule has 1 atom stereocenters. The molecular weight excluding hydrogens is 571 g/mol. The predicted molar refractivity (Wildman–Crippen MR) is 129 cm³/mol. The lowest BCUT2D eigenvalue weighted by atomic mass is 9.93. The fourth-order valence-electron chi connectivity index (χ4n) is 3.85. The molecule has 4 rings (SSSR count). The Hall–Kier alpha value is -2.18. The van der Waals surface area contributed by atoms with Gasteiger partial charge in [0, 0.05) is 29.4 Å². The molecule has 0 bridgehead atoms. The van der Waals surface area contributed by atoms with Crippen LogP contribution in [0.25, 0.3) is 0 Å². The van der Waals surface area contributed by atoms with Crippen molar-refractivity contribution >= 4 is 55.1 Å². The van der Waals surface area contributed by atoms with Crippen LogP contribution in [0.5, 0.6) is 11.6 Å². The zero-order valence-electron chi connectivity index (χ0n) is 17.8. The van der Waals surface area contributed by atoms with Crippen LogP contribution in [0.3, 0.4) is 0 Å². The van der Waals surface area contributed by atoms with E-state index in [-0.39, 0.29) is 23.1 Å². The summed E-state index contributed by atoms with van der Waals surface area (Å²) in [6.45, 7) is -0.270. The van der Waals surface area contributed by atoms with Crippen molar-refractivity contribution in [2.24, 2.45) is 0 Å². The Morgan fingerprint density at radius 1 is 1.32 bits per heavy atom. The fraction of sp³-hybridized carbons (Fsp3) is 0.286. The molecule has 1 aliphatic carbocycles. The van der Waals surface area contributed by atoms with Crippen LogP contribution in [-0.4, -0.2) is 45.6 Å². The molecule has 0 spiro atoms. The molecule has 2 aromatic heterocycles. The highest BCUT2D eigenvalue weighted by Gasteiger charge is 2.34. The number of carboxylic acids is 1. The van der Waals surface area contributed by atoms with Crippen LogP contribution >= 0.6 is 39.1 Å². The van der Waals surface area contributed by atoms with Crippen molar-refractivity contribution in [2.45, 2.75) is 36.7 Å². The van der Waals surface area contributed by atoms with Crippen molar-refractivity contribution in [3.05, 3.63) is 62.4 Å². The lowest BCUT2D eigenvalue weighted by Crippen LogP contribution is -2.33. The predicted octanol–water partition coefficient (Wildman–Crippen LogP) is 4.92. The summed E-state index contributed by atoms with van der Waals surface area (Å²) in [7, 11) is -2.44. The third kappa shape index (κ3) is 4.94. The van der Waals surface area contributed by atoms with Gasteiger partial charge in [0.1, 0.15) is 17.2 Å². The Morgan fingerprint density at radius 3 is 2.79 bits per heavy atom. The smallest absolute Gasteiger partial charge is 0.325 e. The number of aromatic nitrogens is 3. The first-order valence-corrected chi connectivity index (χ1v) is 13.1. The molecule has 1 aromatic carbocycles. The lowest BCUT2D eigenvalue weighted by molar-refractivity contribution is -0.137. The minimum absolute atomic E-state index is 0.0310. The SMILES string of the molecule is CN([C@@H]1CCCc2c1cnn2CC(=O)O)S(=O)(=O)c1cnc(Oc2cc(Cl)ccc2Cl)c(Br)c1. The Balaban J connectivity index is 1.60. The molecule has 0 saturated heterocycles. The van der Waals surface area contributed by atoms with Gasteiger partial charge < -0.3 is 9.84 Å². The summed E-state index contributed by atoms with van der Waals surface area (Å²) >= 11 is 15.4. The monoisotopic (exact) mass is 588 g/mol. The molecule has 13 heteroatoms. The van der Waals surface area contributed by atoms with Crippen LogP contribution in [0.2, 0.25) is 10.0 Å². The molecule has 1 aliphatic rings. The number of hydrogen-bond donors (Lipinski definition) is 1. The molecule has 0 aliphatic heterocycles. The summed E-state index contributed by atoms with van der Waals surface area (Å²) in [6, 6.07) is 5.66. The second-order valence-electron chi connectivity index (χ2n) is 7.66. The largest absolute Gasteiger partial charge is 0.480 e. The number of benzene rings is 1. The third-order valence-corrected chi connectivity index (χ3v) is 8.46. The second kappa shape index (κ2) is 9.82. The van der Waals surface area contributed by atoms with Gasteiger partial charge in [-0.25, -0.2) is 13.4 Å². The van der Waals surface area contributed by atoms with E-state index in [1.807, 2.05) is 0 Å². The zero-order chi connectivity index (χ0) is 24.6. The van der Waals surface area contributed by atoms with Gasteiger partial charge in [0.15, 0.2) is 0 Å². The number of aliphatic carboxylic acids is 1. The molecule has 0 unspecified atom stereocenters. The molecule has 0 saturated carbocycles. The van der Waals surface area contributed by atoms with E-state index in [4.69, 9.17) is 33.0 Å². The highest BCUT2D eigenvalue weighted by molar-refractivity contribution is 9.10. The summed E-state index contributed by atoms with van der Waals surface area (Å²) < 4.78 is 35.5. The average molecular weight is 590 g/mol. The highest BCUT2D eigenvalue weighted by Crippen LogP contribution is 2.38. The van der Waals surface area contributed by atoms with E-state index in [9.17, 15) is 13.2 Å². The van der Waals surface area contributed by atoms with E-state index < -0.39 is 22.0 Å². The Kier molecular flexibility index (Phi) is 7.20. The van der Waals surface area contributed by atoms with Crippen LogP contribution in [-0.2, 0) is 27.8 Å². The first-order valence-electron chi connectivity index (χ1n) is 10.1. The van der Waals surface area contributed by atoms with Crippen molar-refractivity contribution in [2.75, 3.05) is 7.05 Å². The normalized spacial score (nSPS) is 15.9. The van der Waals surface area contributed by atoms with Crippen molar-refractivity contribution in [3.63, 3.8) is 0 Å². The molecule has 9 nitrogen and oxygen atoms in total. The number of fused-ring (bicyclic) bond motifs is 1. The lowest BCUT2D eigenvalue weighted by Gasteiger charge is -2.30. The van der Waals surface area contributed by atoms with Crippen LogP contribution in [0.4, 0.5) is 0 Å². The van der Waals surface area contributed by atoms with Crippen LogP contribution < -0.4 is 4.74 Å². The van der Waals surface area contributed by atoms with Gasteiger partial charge in [-0.05, 0) is 53.4 Å². The molecule has 1 N–H and O–H groups in total. The second-order valence-corrected chi connectivity index (χ2v) is 11.4. The number of carbonyl (C=O) groups is 1. The molecule has 0 amide bonds. The van der Waals surface area contributed by atoms with Gasteiger partial charge in [-0.2, -0.15) is 9.40 Å². The number of carboxylic acid groups (broad SMARTS) is 1. The highest BCUT2D eigenvalue weighted by atomic mass is 79.9.